The summed E-state index contributed by atoms with van der Waals surface area (Å²) < 4.78 is 1.88. The minimum atomic E-state index is 0.192. The first-order valence-corrected chi connectivity index (χ1v) is 6.02. The van der Waals surface area contributed by atoms with Crippen molar-refractivity contribution in [2.45, 2.75) is 32.1 Å². The van der Waals surface area contributed by atoms with Crippen LogP contribution in [0.4, 0.5) is 0 Å². The Morgan fingerprint density at radius 3 is 3.19 bits per heavy atom. The highest BCUT2D eigenvalue weighted by atomic mass is 16.1. The fourth-order valence-electron chi connectivity index (χ4n) is 2.25. The molecule has 88 valence electrons. The number of carbonyl (C=O) groups excluding carboxylic acids is 1. The third-order valence-electron chi connectivity index (χ3n) is 3.32. The predicted octanol–water partition coefficient (Wildman–Crippen LogP) is 1.27. The van der Waals surface area contributed by atoms with Gasteiger partial charge in [-0.15, -0.1) is 0 Å². The average molecular weight is 221 g/mol. The quantitative estimate of drug-likeness (QED) is 0.835. The Balaban J connectivity index is 1.89. The number of hydrogen-bond donors (Lipinski definition) is 1. The summed E-state index contributed by atoms with van der Waals surface area (Å²) in [6.45, 7) is 0.848. The van der Waals surface area contributed by atoms with Crippen LogP contribution >= 0.6 is 0 Å². The van der Waals surface area contributed by atoms with Crippen LogP contribution in [0.25, 0.3) is 0 Å². The summed E-state index contributed by atoms with van der Waals surface area (Å²) >= 11 is 0. The maximum Gasteiger partial charge on any atom is 0.223 e. The van der Waals surface area contributed by atoms with Crippen molar-refractivity contribution in [1.29, 1.82) is 0 Å². The van der Waals surface area contributed by atoms with Crippen LogP contribution in [-0.2, 0) is 18.3 Å². The lowest BCUT2D eigenvalue weighted by Crippen LogP contribution is -2.29. The summed E-state index contributed by atoms with van der Waals surface area (Å²) in [5.41, 5.74) is 1.21. The second-order valence-corrected chi connectivity index (χ2v) is 4.47. The highest BCUT2D eigenvalue weighted by Crippen LogP contribution is 2.18. The molecule has 1 aliphatic heterocycles. The fraction of sp³-hybridized carbons (Fsp3) is 0.667. The van der Waals surface area contributed by atoms with E-state index in [-0.39, 0.29) is 11.8 Å². The lowest BCUT2D eigenvalue weighted by atomic mass is 9.96. The first kappa shape index (κ1) is 11.2. The van der Waals surface area contributed by atoms with Gasteiger partial charge in [0, 0.05) is 31.4 Å². The summed E-state index contributed by atoms with van der Waals surface area (Å²) in [6, 6.07) is 2.02. The summed E-state index contributed by atoms with van der Waals surface area (Å²) in [6.07, 6.45) is 6.99. The van der Waals surface area contributed by atoms with Crippen LogP contribution in [0.5, 0.6) is 0 Å². The maximum atomic E-state index is 11.7. The smallest absolute Gasteiger partial charge is 0.223 e. The molecule has 0 aromatic carbocycles. The number of nitrogens with one attached hydrogen (secondary N) is 1. The molecule has 1 aromatic heterocycles. The topological polar surface area (TPSA) is 46.9 Å². The number of hydrogen-bond acceptors (Lipinski definition) is 2. The molecule has 2 heterocycles. The van der Waals surface area contributed by atoms with Crippen LogP contribution in [0.3, 0.4) is 0 Å². The molecule has 1 aliphatic rings. The predicted molar refractivity (Wildman–Crippen MR) is 61.9 cm³/mol. The second-order valence-electron chi connectivity index (χ2n) is 4.47. The number of carbonyl (C=O) groups is 1. The number of amides is 1. The molecule has 0 saturated carbocycles. The molecule has 1 N–H and O–H groups in total. The molecule has 1 amide bonds. The normalized spacial score (nSPS) is 21.6. The molecule has 1 fully saturated rings. The van der Waals surface area contributed by atoms with Gasteiger partial charge in [-0.25, -0.2) is 0 Å². The molecule has 4 nitrogen and oxygen atoms in total. The van der Waals surface area contributed by atoms with Gasteiger partial charge in [-0.05, 0) is 31.7 Å². The molecular formula is C12H19N3O. The lowest BCUT2D eigenvalue weighted by molar-refractivity contribution is -0.124. The van der Waals surface area contributed by atoms with E-state index < -0.39 is 0 Å². The summed E-state index contributed by atoms with van der Waals surface area (Å²) in [5, 5.41) is 7.11. The molecule has 1 saturated heterocycles. The summed E-state index contributed by atoms with van der Waals surface area (Å²) in [7, 11) is 1.95. The number of nitrogens with zero attached hydrogens (tertiary/aromatic N) is 2. The molecule has 1 aromatic rings. The van der Waals surface area contributed by atoms with Gasteiger partial charge in [-0.3, -0.25) is 9.48 Å². The Labute approximate surface area is 96.0 Å². The maximum absolute atomic E-state index is 11.7. The zero-order valence-electron chi connectivity index (χ0n) is 9.78. The van der Waals surface area contributed by atoms with Crippen LogP contribution in [-0.4, -0.2) is 22.2 Å². The highest BCUT2D eigenvalue weighted by Gasteiger charge is 2.20. The van der Waals surface area contributed by atoms with Gasteiger partial charge in [-0.1, -0.05) is 6.42 Å². The first-order chi connectivity index (χ1) is 7.77. The molecule has 1 atom stereocenters. The van der Waals surface area contributed by atoms with Gasteiger partial charge in [-0.2, -0.15) is 5.10 Å². The molecule has 0 spiro atoms. The van der Waals surface area contributed by atoms with E-state index in [1.165, 1.54) is 5.69 Å². The minimum absolute atomic E-state index is 0.192. The van der Waals surface area contributed by atoms with E-state index >= 15 is 0 Å². The first-order valence-electron chi connectivity index (χ1n) is 6.02. The van der Waals surface area contributed by atoms with Gasteiger partial charge in [0.15, 0.2) is 0 Å². The van der Waals surface area contributed by atoms with E-state index in [4.69, 9.17) is 0 Å². The Morgan fingerprint density at radius 2 is 2.44 bits per heavy atom. The summed E-state index contributed by atoms with van der Waals surface area (Å²) in [4.78, 5) is 11.7. The molecule has 0 aliphatic carbocycles. The molecule has 2 rings (SSSR count). The summed E-state index contributed by atoms with van der Waals surface area (Å²) in [5.74, 6) is 0.428. The van der Waals surface area contributed by atoms with Crippen molar-refractivity contribution in [1.82, 2.24) is 15.1 Å². The molecule has 4 heteroatoms. The van der Waals surface area contributed by atoms with Gasteiger partial charge in [0.1, 0.15) is 0 Å². The van der Waals surface area contributed by atoms with Crippen LogP contribution in [0, 0.1) is 5.92 Å². The van der Waals surface area contributed by atoms with Crippen LogP contribution < -0.4 is 5.32 Å². The Hall–Kier alpha value is -1.32. The van der Waals surface area contributed by atoms with Gasteiger partial charge in [0.25, 0.3) is 0 Å². The van der Waals surface area contributed by atoms with Gasteiger partial charge in [0.05, 0.1) is 0 Å². The van der Waals surface area contributed by atoms with Crippen LogP contribution in [0.2, 0.25) is 0 Å². The number of aromatic nitrogens is 2. The second kappa shape index (κ2) is 5.14. The SMILES string of the molecule is Cn1nccc1CCC1CCCCNC1=O. The molecular weight excluding hydrogens is 202 g/mol. The zero-order valence-corrected chi connectivity index (χ0v) is 9.78. The van der Waals surface area contributed by atoms with Gasteiger partial charge < -0.3 is 5.32 Å². The Morgan fingerprint density at radius 1 is 1.56 bits per heavy atom. The number of rotatable bonds is 3. The Bertz CT molecular complexity index is 359. The van der Waals surface area contributed by atoms with Crippen molar-refractivity contribution in [2.75, 3.05) is 6.54 Å². The number of aryl methyl sites for hydroxylation is 2. The molecule has 0 bridgehead atoms. The van der Waals surface area contributed by atoms with Crippen molar-refractivity contribution in [2.24, 2.45) is 13.0 Å². The Kier molecular flexibility index (Phi) is 3.59. The van der Waals surface area contributed by atoms with Gasteiger partial charge >= 0.3 is 0 Å². The van der Waals surface area contributed by atoms with Crippen molar-refractivity contribution < 1.29 is 4.79 Å². The molecule has 16 heavy (non-hydrogen) atoms. The van der Waals surface area contributed by atoms with Crippen molar-refractivity contribution >= 4 is 5.91 Å². The van der Waals surface area contributed by atoms with E-state index in [1.807, 2.05) is 24.0 Å². The third-order valence-corrected chi connectivity index (χ3v) is 3.32. The third kappa shape index (κ3) is 2.62. The fourth-order valence-corrected chi connectivity index (χ4v) is 2.25. The minimum Gasteiger partial charge on any atom is -0.356 e. The molecule has 1 unspecified atom stereocenters. The highest BCUT2D eigenvalue weighted by molar-refractivity contribution is 5.78. The van der Waals surface area contributed by atoms with E-state index in [1.54, 1.807) is 0 Å². The standard InChI is InChI=1S/C12H19N3O/c1-15-11(7-9-14-15)6-5-10-4-2-3-8-13-12(10)16/h7,9-10H,2-6,8H2,1H3,(H,13,16). The van der Waals surface area contributed by atoms with Crippen LogP contribution in [0.1, 0.15) is 31.4 Å². The van der Waals surface area contributed by atoms with E-state index in [2.05, 4.69) is 10.4 Å². The van der Waals surface area contributed by atoms with E-state index in [0.717, 1.165) is 38.6 Å². The monoisotopic (exact) mass is 221 g/mol. The van der Waals surface area contributed by atoms with Gasteiger partial charge in [0.2, 0.25) is 5.91 Å². The molecule has 0 radical (unpaired) electrons. The average Bonchev–Trinajstić information content (AvgIpc) is 2.56. The van der Waals surface area contributed by atoms with Crippen molar-refractivity contribution in [3.63, 3.8) is 0 Å². The largest absolute Gasteiger partial charge is 0.356 e. The van der Waals surface area contributed by atoms with Crippen molar-refractivity contribution in [3.8, 4) is 0 Å². The zero-order chi connectivity index (χ0) is 11.4. The van der Waals surface area contributed by atoms with Crippen LogP contribution in [0.15, 0.2) is 12.3 Å². The van der Waals surface area contributed by atoms with E-state index in [9.17, 15) is 4.79 Å². The lowest BCUT2D eigenvalue weighted by Gasteiger charge is -2.12. The van der Waals surface area contributed by atoms with E-state index in [0.29, 0.717) is 0 Å². The van der Waals surface area contributed by atoms with Crippen molar-refractivity contribution in [3.05, 3.63) is 18.0 Å².